The van der Waals surface area contributed by atoms with Crippen molar-refractivity contribution in [2.75, 3.05) is 0 Å². The summed E-state index contributed by atoms with van der Waals surface area (Å²) in [7, 11) is 0. The first-order valence-electron chi connectivity index (χ1n) is 6.55. The van der Waals surface area contributed by atoms with E-state index in [9.17, 15) is 0 Å². The summed E-state index contributed by atoms with van der Waals surface area (Å²) in [5, 5.41) is 0.486. The van der Waals surface area contributed by atoms with Gasteiger partial charge in [0.15, 0.2) is 0 Å². The summed E-state index contributed by atoms with van der Waals surface area (Å²) >= 11 is 16.0. The molecule has 0 aliphatic rings. The van der Waals surface area contributed by atoms with E-state index in [0.717, 1.165) is 32.6 Å². The minimum absolute atomic E-state index is 0.199. The number of imidazole rings is 1. The Kier molecular flexibility index (Phi) is 4.00. The van der Waals surface area contributed by atoms with Crippen LogP contribution in [0.3, 0.4) is 0 Å². The van der Waals surface area contributed by atoms with Crippen molar-refractivity contribution in [3.8, 4) is 5.69 Å². The third kappa shape index (κ3) is 2.83. The molecule has 0 spiro atoms. The topological polar surface area (TPSA) is 17.8 Å². The van der Waals surface area contributed by atoms with E-state index < -0.39 is 0 Å². The van der Waals surface area contributed by atoms with Crippen molar-refractivity contribution in [2.45, 2.75) is 19.2 Å². The number of hydrogen-bond acceptors (Lipinski definition) is 1. The van der Waals surface area contributed by atoms with Gasteiger partial charge in [-0.15, -0.1) is 11.6 Å². The number of benzene rings is 2. The number of rotatable bonds is 2. The number of aryl methyl sites for hydroxylation is 1. The molecular weight excluding hydrogens is 371 g/mol. The number of nitrogens with zero attached hydrogens (tertiary/aromatic N) is 2. The highest BCUT2D eigenvalue weighted by molar-refractivity contribution is 9.10. The third-order valence-electron chi connectivity index (χ3n) is 3.28. The van der Waals surface area contributed by atoms with Crippen LogP contribution >= 0.6 is 39.1 Å². The van der Waals surface area contributed by atoms with E-state index in [0.29, 0.717) is 5.02 Å². The van der Waals surface area contributed by atoms with Gasteiger partial charge < -0.3 is 0 Å². The molecule has 0 aliphatic heterocycles. The van der Waals surface area contributed by atoms with E-state index in [4.69, 9.17) is 23.2 Å². The molecule has 108 valence electrons. The fourth-order valence-corrected chi connectivity index (χ4v) is 3.36. The number of fused-ring (bicyclic) bond motifs is 1. The summed E-state index contributed by atoms with van der Waals surface area (Å²) in [5.41, 5.74) is 4.03. The van der Waals surface area contributed by atoms with E-state index >= 15 is 0 Å². The van der Waals surface area contributed by atoms with Gasteiger partial charge in [-0.1, -0.05) is 27.5 Å². The molecule has 5 heteroatoms. The van der Waals surface area contributed by atoms with E-state index in [1.807, 2.05) is 25.1 Å². The molecule has 1 unspecified atom stereocenters. The molecular formula is C16H13BrCl2N2. The molecule has 2 nitrogen and oxygen atoms in total. The molecule has 21 heavy (non-hydrogen) atoms. The van der Waals surface area contributed by atoms with E-state index in [-0.39, 0.29) is 5.38 Å². The van der Waals surface area contributed by atoms with Crippen LogP contribution in [0.2, 0.25) is 5.02 Å². The van der Waals surface area contributed by atoms with Gasteiger partial charge in [0.1, 0.15) is 5.82 Å². The zero-order chi connectivity index (χ0) is 15.1. The van der Waals surface area contributed by atoms with Gasteiger partial charge in [-0.05, 0) is 55.8 Å². The van der Waals surface area contributed by atoms with Crippen molar-refractivity contribution in [2.24, 2.45) is 0 Å². The van der Waals surface area contributed by atoms with Crippen molar-refractivity contribution in [3.05, 3.63) is 57.3 Å². The van der Waals surface area contributed by atoms with Gasteiger partial charge in [-0.25, -0.2) is 4.98 Å². The number of hydrogen-bond donors (Lipinski definition) is 0. The average molecular weight is 384 g/mol. The second-order valence-corrected chi connectivity index (χ2v) is 7.05. The molecule has 0 saturated heterocycles. The number of aromatic nitrogens is 2. The third-order valence-corrected chi connectivity index (χ3v) is 4.17. The SMILES string of the molecule is Cc1cc(Br)cc(-n2c(C(C)Cl)nc3ccc(Cl)cc32)c1. The Morgan fingerprint density at radius 3 is 2.62 bits per heavy atom. The summed E-state index contributed by atoms with van der Waals surface area (Å²) in [4.78, 5) is 4.65. The van der Waals surface area contributed by atoms with Crippen molar-refractivity contribution in [1.29, 1.82) is 0 Å². The summed E-state index contributed by atoms with van der Waals surface area (Å²) in [6, 6.07) is 11.9. The van der Waals surface area contributed by atoms with Gasteiger partial charge in [-0.2, -0.15) is 0 Å². The van der Waals surface area contributed by atoms with Gasteiger partial charge in [0.05, 0.1) is 16.4 Å². The molecule has 0 amide bonds. The van der Waals surface area contributed by atoms with Gasteiger partial charge in [0, 0.05) is 15.2 Å². The lowest BCUT2D eigenvalue weighted by Crippen LogP contribution is -2.02. The zero-order valence-corrected chi connectivity index (χ0v) is 14.7. The maximum atomic E-state index is 6.32. The number of halogens is 3. The van der Waals surface area contributed by atoms with E-state index in [1.54, 1.807) is 0 Å². The molecule has 1 aromatic heterocycles. The Hall–Kier alpha value is -1.03. The summed E-state index contributed by atoms with van der Waals surface area (Å²) in [5.74, 6) is 0.812. The largest absolute Gasteiger partial charge is 0.295 e. The van der Waals surface area contributed by atoms with Crippen LogP contribution < -0.4 is 0 Å². The van der Waals surface area contributed by atoms with Crippen LogP contribution in [0.25, 0.3) is 16.7 Å². The minimum atomic E-state index is -0.199. The second-order valence-electron chi connectivity index (χ2n) is 5.04. The first kappa shape index (κ1) is 14.9. The number of alkyl halides is 1. The molecule has 0 aliphatic carbocycles. The molecule has 0 saturated carbocycles. The highest BCUT2D eigenvalue weighted by Crippen LogP contribution is 2.31. The van der Waals surface area contributed by atoms with Gasteiger partial charge in [-0.3, -0.25) is 4.57 Å². The van der Waals surface area contributed by atoms with Gasteiger partial charge in [0.2, 0.25) is 0 Å². The molecule has 2 aromatic carbocycles. The average Bonchev–Trinajstić information content (AvgIpc) is 2.76. The lowest BCUT2D eigenvalue weighted by Gasteiger charge is -2.12. The summed E-state index contributed by atoms with van der Waals surface area (Å²) in [6.45, 7) is 3.98. The van der Waals surface area contributed by atoms with Crippen LogP contribution in [0.1, 0.15) is 23.7 Å². The van der Waals surface area contributed by atoms with Crippen LogP contribution in [0.15, 0.2) is 40.9 Å². The van der Waals surface area contributed by atoms with E-state index in [2.05, 4.69) is 50.6 Å². The van der Waals surface area contributed by atoms with Crippen LogP contribution in [-0.2, 0) is 0 Å². The molecule has 0 fully saturated rings. The Balaban J connectivity index is 2.38. The van der Waals surface area contributed by atoms with Crippen LogP contribution in [0, 0.1) is 6.92 Å². The Morgan fingerprint density at radius 2 is 1.95 bits per heavy atom. The second kappa shape index (κ2) is 5.64. The lowest BCUT2D eigenvalue weighted by molar-refractivity contribution is 0.881. The quantitative estimate of drug-likeness (QED) is 0.492. The molecule has 3 rings (SSSR count). The minimum Gasteiger partial charge on any atom is -0.295 e. The van der Waals surface area contributed by atoms with Crippen LogP contribution in [-0.4, -0.2) is 9.55 Å². The smallest absolute Gasteiger partial charge is 0.132 e. The fraction of sp³-hybridized carbons (Fsp3) is 0.188. The molecule has 0 bridgehead atoms. The highest BCUT2D eigenvalue weighted by Gasteiger charge is 2.17. The van der Waals surface area contributed by atoms with E-state index in [1.165, 1.54) is 0 Å². The van der Waals surface area contributed by atoms with Gasteiger partial charge >= 0.3 is 0 Å². The zero-order valence-electron chi connectivity index (χ0n) is 11.6. The van der Waals surface area contributed by atoms with Crippen LogP contribution in [0.4, 0.5) is 0 Å². The highest BCUT2D eigenvalue weighted by atomic mass is 79.9. The first-order valence-corrected chi connectivity index (χ1v) is 8.16. The van der Waals surface area contributed by atoms with Gasteiger partial charge in [0.25, 0.3) is 0 Å². The van der Waals surface area contributed by atoms with Crippen molar-refractivity contribution in [1.82, 2.24) is 9.55 Å². The molecule has 3 aromatic rings. The van der Waals surface area contributed by atoms with Crippen molar-refractivity contribution in [3.63, 3.8) is 0 Å². The maximum Gasteiger partial charge on any atom is 0.132 e. The normalized spacial score (nSPS) is 12.8. The standard InChI is InChI=1S/C16H13BrCl2N2/c1-9-5-11(17)7-13(6-9)21-15-8-12(19)3-4-14(15)20-16(21)10(2)18/h3-8,10H,1-2H3. The predicted octanol–water partition coefficient (Wildman–Crippen LogP) is 6.05. The van der Waals surface area contributed by atoms with Crippen molar-refractivity contribution < 1.29 is 0 Å². The first-order chi connectivity index (χ1) is 9.95. The Morgan fingerprint density at radius 1 is 1.19 bits per heavy atom. The lowest BCUT2D eigenvalue weighted by atomic mass is 10.2. The molecule has 0 radical (unpaired) electrons. The maximum absolute atomic E-state index is 6.32. The monoisotopic (exact) mass is 382 g/mol. The van der Waals surface area contributed by atoms with Crippen LogP contribution in [0.5, 0.6) is 0 Å². The fourth-order valence-electron chi connectivity index (χ4n) is 2.45. The van der Waals surface area contributed by atoms with Crippen molar-refractivity contribution >= 4 is 50.2 Å². The summed E-state index contributed by atoms with van der Waals surface area (Å²) in [6.07, 6.45) is 0. The summed E-state index contributed by atoms with van der Waals surface area (Å²) < 4.78 is 3.09. The molecule has 0 N–H and O–H groups in total. The molecule has 1 heterocycles. The Labute approximate surface area is 141 Å². The predicted molar refractivity (Wildman–Crippen MR) is 92.8 cm³/mol. The Bertz CT molecular complexity index is 804. The molecule has 1 atom stereocenters.